The zero-order valence-electron chi connectivity index (χ0n) is 50.2. The molecule has 1 atom stereocenters. The lowest BCUT2D eigenvalue weighted by Crippen LogP contribution is -2.31. The number of benzene rings is 4. The molecule has 6 aromatic rings. The molecule has 1 fully saturated rings. The third kappa shape index (κ3) is 36.1. The first-order chi connectivity index (χ1) is 40.8. The molecule has 20 heteroatoms. The average molecular weight is 1230 g/mol. The summed E-state index contributed by atoms with van der Waals surface area (Å²) >= 11 is 0. The summed E-state index contributed by atoms with van der Waals surface area (Å²) in [5, 5.41) is 9.17. The number of imidazole rings is 1. The first-order valence-electron chi connectivity index (χ1n) is 26.0. The van der Waals surface area contributed by atoms with Crippen molar-refractivity contribution < 1.29 is 32.2 Å². The van der Waals surface area contributed by atoms with Gasteiger partial charge in [0, 0.05) is 109 Å². The van der Waals surface area contributed by atoms with Crippen LogP contribution in [0.3, 0.4) is 0 Å². The molecule has 0 spiro atoms. The Balaban J connectivity index is 0. The summed E-state index contributed by atoms with van der Waals surface area (Å²) in [6, 6.07) is 40.5. The molecular weight excluding hydrogens is 1140 g/mol. The Morgan fingerprint density at radius 3 is 1.40 bits per heavy atom. The van der Waals surface area contributed by atoms with Crippen molar-refractivity contribution in [3.63, 3.8) is 0 Å². The molecule has 0 saturated carbocycles. The smallest absolute Gasteiger partial charge is 0.323 e. The molecule has 2 aromatic heterocycles. The number of aromatic nitrogens is 5. The number of carbonyl (C=O) groups is 3. The van der Waals surface area contributed by atoms with Crippen LogP contribution in [0.2, 0.25) is 0 Å². The lowest BCUT2D eigenvalue weighted by Gasteiger charge is -2.17. The second kappa shape index (κ2) is 50.3. The third-order valence-corrected chi connectivity index (χ3v) is 16.9. The molecule has 0 N–H and O–H groups in total. The highest BCUT2D eigenvalue weighted by Crippen LogP contribution is 2.47. The van der Waals surface area contributed by atoms with E-state index in [2.05, 4.69) is 163 Å². The van der Waals surface area contributed by atoms with Crippen LogP contribution in [-0.2, 0) is 34.0 Å². The Kier molecular flexibility index (Phi) is 46.6. The molecule has 85 heavy (non-hydrogen) atoms. The van der Waals surface area contributed by atoms with Gasteiger partial charge in [0.25, 0.3) is 0 Å². The molecule has 1 unspecified atom stereocenters. The Morgan fingerprint density at radius 1 is 0.624 bits per heavy atom. The van der Waals surface area contributed by atoms with Crippen LogP contribution in [0.5, 0.6) is 0 Å². The van der Waals surface area contributed by atoms with E-state index in [-0.39, 0.29) is 33.7 Å². The summed E-state index contributed by atoms with van der Waals surface area (Å²) in [5.41, 5.74) is 0. The van der Waals surface area contributed by atoms with Crippen molar-refractivity contribution in [2.24, 2.45) is 0 Å². The van der Waals surface area contributed by atoms with Crippen LogP contribution in [0.25, 0.3) is 12.4 Å². The molecule has 4 aromatic carbocycles. The minimum atomic E-state index is -2.90. The van der Waals surface area contributed by atoms with Crippen molar-refractivity contribution in [3.05, 3.63) is 279 Å². The summed E-state index contributed by atoms with van der Waals surface area (Å²) < 4.78 is 34.0. The van der Waals surface area contributed by atoms with Crippen LogP contribution in [0.4, 0.5) is 4.79 Å². The molecule has 1 aliphatic heterocycles. The molecule has 4 amide bonds. The van der Waals surface area contributed by atoms with Crippen molar-refractivity contribution >= 4 is 80.4 Å². The average Bonchev–Trinajstić information content (AvgIpc) is 4.48. The second-order valence-electron chi connectivity index (χ2n) is 16.2. The van der Waals surface area contributed by atoms with Crippen molar-refractivity contribution in [2.75, 3.05) is 41.9 Å². The molecule has 1 aliphatic rings. The fourth-order valence-electron chi connectivity index (χ4n) is 5.72. The first-order valence-corrected chi connectivity index (χ1v) is 31.7. The van der Waals surface area contributed by atoms with E-state index in [0.717, 1.165) is 30.1 Å². The Labute approximate surface area is 511 Å². The Bertz CT molecular complexity index is 2820. The van der Waals surface area contributed by atoms with Gasteiger partial charge in [0.15, 0.2) is 0 Å². The highest BCUT2D eigenvalue weighted by molar-refractivity contribution is 7.88. The maximum atomic E-state index is 11.1. The van der Waals surface area contributed by atoms with Crippen molar-refractivity contribution in [2.45, 2.75) is 37.5 Å². The van der Waals surface area contributed by atoms with Gasteiger partial charge >= 0.3 is 13.6 Å². The molecule has 0 aliphatic carbocycles. The standard InChI is InChI=1S/C14H13P.C10H11P.C8H13NO.C8H8OS.C7H12N2O.C5H6N2.C5H9NO.C4H5N3.C4H9O3P/c1-2-15(13-9-5-3-6-10-13)14-11-7-4-8-12-14;1-3-11(4-2)10-8-6-5-7-9-10;1-2-9-7-5-3-4-6-8(9)10;1-2-10(9)8-6-4-3-5-7-8;1-5-8(3)7(10)9(4)6-2;1-2-7-4-3-6-5-7;1-4-6(3)5(2)7;1-2-7-4-5-3-6-7;1-4-8(5,6-2)7-3/h2-12H,1H2;3-9H,1-2H2;2H,1,3-7H2;2-7H,1H2;5-6H,1-2H2,3-4H3;2-5H,1H2;4H,1H2,2-3H3;2-4H,1H2;4H,1H2,2-3H3. The van der Waals surface area contributed by atoms with Gasteiger partial charge in [-0.25, -0.2) is 23.7 Å². The van der Waals surface area contributed by atoms with E-state index in [1.807, 2.05) is 78.5 Å². The van der Waals surface area contributed by atoms with Gasteiger partial charge in [-0.3, -0.25) is 14.2 Å². The maximum Gasteiger partial charge on any atom is 0.353 e. The van der Waals surface area contributed by atoms with Gasteiger partial charge in [0.1, 0.15) is 12.7 Å². The molecular formula is C65H86N9O7P3S. The summed E-state index contributed by atoms with van der Waals surface area (Å²) in [6.07, 6.45) is 21.6. The Morgan fingerprint density at radius 2 is 1.11 bits per heavy atom. The summed E-state index contributed by atoms with van der Waals surface area (Å²) in [5.74, 6) is 7.37. The van der Waals surface area contributed by atoms with E-state index in [1.54, 1.807) is 68.1 Å². The summed E-state index contributed by atoms with van der Waals surface area (Å²) in [6.45, 7) is 41.4. The van der Waals surface area contributed by atoms with Gasteiger partial charge < -0.3 is 33.2 Å². The zero-order chi connectivity index (χ0) is 64.3. The van der Waals surface area contributed by atoms with Crippen molar-refractivity contribution in [3.8, 4) is 0 Å². The number of hydrogen-bond donors (Lipinski definition) is 0. The highest BCUT2D eigenvalue weighted by Gasteiger charge is 2.14. The van der Waals surface area contributed by atoms with Crippen molar-refractivity contribution in [1.82, 2.24) is 43.9 Å². The topological polar surface area (TPSA) is 165 Å². The summed E-state index contributed by atoms with van der Waals surface area (Å²) in [4.78, 5) is 46.5. The monoisotopic (exact) mass is 1230 g/mol. The van der Waals surface area contributed by atoms with Gasteiger partial charge in [-0.05, 0) is 69.1 Å². The molecule has 0 radical (unpaired) electrons. The van der Waals surface area contributed by atoms with E-state index < -0.39 is 18.4 Å². The fraction of sp³-hybridized carbons (Fsp3) is 0.169. The van der Waals surface area contributed by atoms with E-state index in [0.29, 0.717) is 6.42 Å². The third-order valence-electron chi connectivity index (χ3n) is 10.7. The number of rotatable bonds is 17. The second-order valence-corrected chi connectivity index (χ2v) is 24.0. The molecule has 0 bridgehead atoms. The number of amides is 4. The highest BCUT2D eigenvalue weighted by atomic mass is 32.2. The number of hydrogen-bond acceptors (Lipinski definition) is 10. The minimum Gasteiger partial charge on any atom is -0.323 e. The van der Waals surface area contributed by atoms with Crippen LogP contribution in [0.1, 0.15) is 32.6 Å². The van der Waals surface area contributed by atoms with Gasteiger partial charge in [-0.2, -0.15) is 5.10 Å². The van der Waals surface area contributed by atoms with E-state index in [1.165, 1.54) is 93.2 Å². The Hall–Kier alpha value is -8.26. The predicted molar refractivity (Wildman–Crippen MR) is 363 cm³/mol. The quantitative estimate of drug-likeness (QED) is 0.0802. The van der Waals surface area contributed by atoms with Crippen LogP contribution < -0.4 is 15.9 Å². The number of likely N-dealkylation sites (tertiary alicyclic amines) is 1. The zero-order valence-corrected chi connectivity index (χ0v) is 53.7. The van der Waals surface area contributed by atoms with Gasteiger partial charge in [0.05, 0.1) is 17.1 Å². The first kappa shape index (κ1) is 78.8. The normalized spacial score (nSPS) is 11.0. The fourth-order valence-corrected chi connectivity index (χ4v) is 9.57. The largest absolute Gasteiger partial charge is 0.353 e. The van der Waals surface area contributed by atoms with E-state index in [4.69, 9.17) is 0 Å². The number of urea groups is 1. The number of carbonyl (C=O) groups excluding carboxylic acids is 3. The number of nitrogens with zero attached hydrogens (tertiary/aromatic N) is 9. The lowest BCUT2D eigenvalue weighted by atomic mass is 10.2. The van der Waals surface area contributed by atoms with Crippen LogP contribution >= 0.6 is 23.4 Å². The van der Waals surface area contributed by atoms with Crippen LogP contribution in [0, 0.1) is 0 Å². The van der Waals surface area contributed by atoms with Gasteiger partial charge in [-0.15, -0.1) is 0 Å². The molecule has 1 saturated heterocycles. The predicted octanol–water partition coefficient (Wildman–Crippen LogP) is 14.7. The molecule has 16 nitrogen and oxygen atoms in total. The van der Waals surface area contributed by atoms with Gasteiger partial charge in [-0.1, -0.05) is 205 Å². The minimum absolute atomic E-state index is 0.00926. The lowest BCUT2D eigenvalue weighted by molar-refractivity contribution is -0.128. The molecule has 3 heterocycles. The summed E-state index contributed by atoms with van der Waals surface area (Å²) in [7, 11) is 2.92. The van der Waals surface area contributed by atoms with E-state index in [9.17, 15) is 23.2 Å². The SMILES string of the molecule is C=CN(C)C(=O)N(C)C=C.C=CN(C)C(C)=O.C=CN1CCCCCC1=O.C=CP(=O)(OC)OC.C=CP(C=C)c1ccccc1.C=CP(c1ccccc1)c1ccccc1.C=CS(=O)c1ccccc1.C=Cn1ccnc1.C=Cn1cncn1. The maximum absolute atomic E-state index is 11.1. The molecule has 454 valence electrons. The van der Waals surface area contributed by atoms with Crippen LogP contribution in [-0.4, -0.2) is 108 Å². The van der Waals surface area contributed by atoms with Crippen molar-refractivity contribution in [1.29, 1.82) is 0 Å². The van der Waals surface area contributed by atoms with Gasteiger partial charge in [0.2, 0.25) is 11.8 Å². The van der Waals surface area contributed by atoms with Crippen LogP contribution in [0.15, 0.2) is 283 Å². The molecule has 7 rings (SSSR count). The van der Waals surface area contributed by atoms with E-state index >= 15 is 0 Å².